The molecule has 0 unspecified atom stereocenters. The Hall–Kier alpha value is -3.04. The van der Waals surface area contributed by atoms with Crippen LogP contribution in [0.1, 0.15) is 29.8 Å². The molecule has 2 atom stereocenters. The van der Waals surface area contributed by atoms with Gasteiger partial charge in [-0.25, -0.2) is 4.79 Å². The van der Waals surface area contributed by atoms with Crippen molar-refractivity contribution in [3.63, 3.8) is 0 Å². The predicted molar refractivity (Wildman–Crippen MR) is 127 cm³/mol. The highest BCUT2D eigenvalue weighted by molar-refractivity contribution is 9.10. The maximum Gasteiger partial charge on any atom is 0.376 e. The van der Waals surface area contributed by atoms with E-state index >= 15 is 0 Å². The molecule has 0 saturated heterocycles. The number of nitrogens with zero attached hydrogens (tertiary/aromatic N) is 1. The maximum absolute atomic E-state index is 13.2. The number of halogens is 2. The Balaban J connectivity index is 1.73. The third-order valence-electron chi connectivity index (χ3n) is 6.08. The summed E-state index contributed by atoms with van der Waals surface area (Å²) < 4.78 is 16.8. The highest BCUT2D eigenvalue weighted by atomic mass is 79.9. The SMILES string of the molecule is CCOC(=O)C(=O)[C@H]1Cc2c([nH]c3cc(Br)ccc23)[C@@H](c2ccc3c(c2)OCO3)N1C(=O)CCl. The van der Waals surface area contributed by atoms with Crippen molar-refractivity contribution in [1.29, 1.82) is 0 Å². The van der Waals surface area contributed by atoms with E-state index in [0.717, 1.165) is 26.6 Å². The Labute approximate surface area is 208 Å². The molecule has 34 heavy (non-hydrogen) atoms. The quantitative estimate of drug-likeness (QED) is 0.296. The zero-order valence-electron chi connectivity index (χ0n) is 18.1. The average Bonchev–Trinajstić information content (AvgIpc) is 3.45. The van der Waals surface area contributed by atoms with E-state index < -0.39 is 29.7 Å². The van der Waals surface area contributed by atoms with Crippen molar-refractivity contribution >= 4 is 56.1 Å². The molecule has 5 rings (SSSR count). The van der Waals surface area contributed by atoms with E-state index in [0.29, 0.717) is 17.1 Å². The summed E-state index contributed by atoms with van der Waals surface area (Å²) in [5.74, 6) is -1.46. The number of hydrogen-bond acceptors (Lipinski definition) is 6. The second-order valence-electron chi connectivity index (χ2n) is 7.96. The van der Waals surface area contributed by atoms with Gasteiger partial charge in [0.2, 0.25) is 12.7 Å². The molecule has 1 N–H and O–H groups in total. The van der Waals surface area contributed by atoms with Gasteiger partial charge in [-0.2, -0.15) is 0 Å². The lowest BCUT2D eigenvalue weighted by molar-refractivity contribution is -0.158. The molecule has 0 saturated carbocycles. The molecule has 2 aliphatic heterocycles. The normalized spacial score (nSPS) is 18.6. The van der Waals surface area contributed by atoms with E-state index in [-0.39, 0.29) is 25.7 Å². The van der Waals surface area contributed by atoms with Crippen molar-refractivity contribution in [1.82, 2.24) is 9.88 Å². The number of nitrogens with one attached hydrogen (secondary N) is 1. The van der Waals surface area contributed by atoms with Crippen LogP contribution in [0.3, 0.4) is 0 Å². The fourth-order valence-electron chi connectivity index (χ4n) is 4.67. The van der Waals surface area contributed by atoms with E-state index in [1.54, 1.807) is 19.1 Å². The predicted octanol–water partition coefficient (Wildman–Crippen LogP) is 3.87. The number of amides is 1. The van der Waals surface area contributed by atoms with Gasteiger partial charge in [0.25, 0.3) is 5.78 Å². The number of alkyl halides is 1. The van der Waals surface area contributed by atoms with E-state index in [4.69, 9.17) is 25.8 Å². The van der Waals surface area contributed by atoms with Gasteiger partial charge in [-0.05, 0) is 42.3 Å². The van der Waals surface area contributed by atoms with Crippen LogP contribution in [0.4, 0.5) is 0 Å². The number of H-pyrrole nitrogens is 1. The summed E-state index contributed by atoms with van der Waals surface area (Å²) in [5.41, 5.74) is 3.13. The van der Waals surface area contributed by atoms with E-state index in [2.05, 4.69) is 20.9 Å². The van der Waals surface area contributed by atoms with Gasteiger partial charge in [0.1, 0.15) is 11.9 Å². The van der Waals surface area contributed by atoms with Crippen molar-refractivity contribution in [2.24, 2.45) is 0 Å². The molecule has 2 aromatic carbocycles. The molecule has 0 fully saturated rings. The summed E-state index contributed by atoms with van der Waals surface area (Å²) in [6, 6.07) is 9.35. The molecular weight excluding hydrogens is 528 g/mol. The third kappa shape index (κ3) is 3.73. The van der Waals surface area contributed by atoms with Gasteiger partial charge in [0.15, 0.2) is 11.5 Å². The number of Topliss-reactive ketones (excluding diaryl/α,β-unsaturated/α-hetero) is 1. The first kappa shape index (κ1) is 22.7. The van der Waals surface area contributed by atoms with Gasteiger partial charge < -0.3 is 24.1 Å². The first-order chi connectivity index (χ1) is 16.4. The van der Waals surface area contributed by atoms with Gasteiger partial charge in [-0.1, -0.05) is 28.1 Å². The van der Waals surface area contributed by atoms with Crippen LogP contribution < -0.4 is 9.47 Å². The fourth-order valence-corrected chi connectivity index (χ4v) is 5.17. The summed E-state index contributed by atoms with van der Waals surface area (Å²) in [6.07, 6.45) is 0.151. The monoisotopic (exact) mass is 546 g/mol. The number of rotatable bonds is 5. The van der Waals surface area contributed by atoms with Crippen LogP contribution in [0.25, 0.3) is 10.9 Å². The van der Waals surface area contributed by atoms with E-state index in [1.807, 2.05) is 24.3 Å². The number of aromatic amines is 1. The highest BCUT2D eigenvalue weighted by Crippen LogP contribution is 2.44. The lowest BCUT2D eigenvalue weighted by Crippen LogP contribution is -2.54. The van der Waals surface area contributed by atoms with Gasteiger partial charge in [-0.15, -0.1) is 11.6 Å². The number of ketones is 1. The molecule has 1 aromatic heterocycles. The molecule has 0 radical (unpaired) electrons. The maximum atomic E-state index is 13.2. The lowest BCUT2D eigenvalue weighted by atomic mass is 9.86. The summed E-state index contributed by atoms with van der Waals surface area (Å²) in [5, 5.41) is 0.906. The smallest absolute Gasteiger partial charge is 0.376 e. The molecule has 3 heterocycles. The van der Waals surface area contributed by atoms with E-state index in [9.17, 15) is 14.4 Å². The molecule has 176 valence electrons. The molecule has 0 bridgehead atoms. The number of esters is 1. The number of ether oxygens (including phenoxy) is 3. The first-order valence-electron chi connectivity index (χ1n) is 10.7. The number of hydrogen-bond donors (Lipinski definition) is 1. The molecule has 10 heteroatoms. The second-order valence-corrected chi connectivity index (χ2v) is 9.14. The van der Waals surface area contributed by atoms with E-state index in [1.165, 1.54) is 4.90 Å². The van der Waals surface area contributed by atoms with Gasteiger partial charge in [0.05, 0.1) is 12.6 Å². The number of carbonyl (C=O) groups excluding carboxylic acids is 3. The number of fused-ring (bicyclic) bond motifs is 4. The fraction of sp³-hybridized carbons (Fsp3) is 0.292. The minimum atomic E-state index is -1.07. The van der Waals surface area contributed by atoms with Gasteiger partial charge in [0, 0.05) is 27.5 Å². The Kier molecular flexibility index (Phi) is 5.99. The largest absolute Gasteiger partial charge is 0.460 e. The Morgan fingerprint density at radius 2 is 1.97 bits per heavy atom. The van der Waals surface area contributed by atoms with Crippen LogP contribution in [0.15, 0.2) is 40.9 Å². The Morgan fingerprint density at radius 1 is 1.18 bits per heavy atom. The minimum absolute atomic E-state index is 0.0543. The Morgan fingerprint density at radius 3 is 2.74 bits per heavy atom. The van der Waals surface area contributed by atoms with Crippen molar-refractivity contribution in [3.05, 3.63) is 57.7 Å². The molecule has 8 nitrogen and oxygen atoms in total. The van der Waals surface area contributed by atoms with Gasteiger partial charge >= 0.3 is 5.97 Å². The zero-order chi connectivity index (χ0) is 24.0. The van der Waals surface area contributed by atoms with Crippen LogP contribution >= 0.6 is 27.5 Å². The summed E-state index contributed by atoms with van der Waals surface area (Å²) in [4.78, 5) is 43.7. The van der Waals surface area contributed by atoms with Gasteiger partial charge in [-0.3, -0.25) is 9.59 Å². The molecule has 3 aromatic rings. The number of aromatic nitrogens is 1. The van der Waals surface area contributed by atoms with Crippen molar-refractivity contribution < 1.29 is 28.6 Å². The number of benzene rings is 2. The zero-order valence-corrected chi connectivity index (χ0v) is 20.4. The summed E-state index contributed by atoms with van der Waals surface area (Å²) in [7, 11) is 0. The summed E-state index contributed by atoms with van der Waals surface area (Å²) in [6.45, 7) is 1.78. The highest BCUT2D eigenvalue weighted by Gasteiger charge is 2.45. The first-order valence-corrected chi connectivity index (χ1v) is 12.0. The summed E-state index contributed by atoms with van der Waals surface area (Å²) >= 11 is 9.48. The molecular formula is C24H20BrClN2O6. The standard InChI is InChI=1S/C24H20BrClN2O6/c1-2-32-24(31)23(30)17-9-15-14-5-4-13(25)8-16(14)27-21(15)22(28(17)20(29)10-26)12-3-6-18-19(7-12)34-11-33-18/h3-8,17,22,27H,2,9-11H2,1H3/t17-,22-/m1/s1. The van der Waals surface area contributed by atoms with Crippen molar-refractivity contribution in [2.45, 2.75) is 25.4 Å². The third-order valence-corrected chi connectivity index (χ3v) is 6.80. The lowest BCUT2D eigenvalue weighted by Gasteiger charge is -2.41. The van der Waals surface area contributed by atoms with Crippen molar-refractivity contribution in [2.75, 3.05) is 19.3 Å². The molecule has 2 aliphatic rings. The average molecular weight is 548 g/mol. The molecule has 0 aliphatic carbocycles. The van der Waals surface area contributed by atoms with Crippen LogP contribution in [0.5, 0.6) is 11.5 Å². The minimum Gasteiger partial charge on any atom is -0.460 e. The molecule has 1 amide bonds. The van der Waals surface area contributed by atoms with Crippen LogP contribution in [0, 0.1) is 0 Å². The van der Waals surface area contributed by atoms with Crippen molar-refractivity contribution in [3.8, 4) is 11.5 Å². The van der Waals surface area contributed by atoms with Crippen LogP contribution in [-0.4, -0.2) is 52.9 Å². The molecule has 0 spiro atoms. The Bertz CT molecular complexity index is 1320. The van der Waals surface area contributed by atoms with Crippen LogP contribution in [-0.2, 0) is 25.5 Å². The van der Waals surface area contributed by atoms with Crippen LogP contribution in [0.2, 0.25) is 0 Å². The second kappa shape index (κ2) is 8.96. The topological polar surface area (TPSA) is 97.9 Å². The number of carbonyl (C=O) groups is 3.